The second-order valence-corrected chi connectivity index (χ2v) is 6.27. The summed E-state index contributed by atoms with van der Waals surface area (Å²) in [4.78, 5) is 12.4. The molecule has 0 radical (unpaired) electrons. The minimum Gasteiger partial charge on any atom is -0.495 e. The Morgan fingerprint density at radius 2 is 1.67 bits per heavy atom. The zero-order chi connectivity index (χ0) is 18.8. The van der Waals surface area contributed by atoms with Crippen LogP contribution >= 0.6 is 0 Å². The Kier molecular flexibility index (Phi) is 4.42. The van der Waals surface area contributed by atoms with E-state index in [2.05, 4.69) is 40.3 Å². The third kappa shape index (κ3) is 3.08. The first-order chi connectivity index (χ1) is 13.2. The molecule has 3 aromatic carbocycles. The number of aromatic nitrogens is 1. The fourth-order valence-electron chi connectivity index (χ4n) is 3.50. The van der Waals surface area contributed by atoms with E-state index in [0.717, 1.165) is 23.1 Å². The fraction of sp³-hybridized carbons (Fsp3) is 0.136. The molecule has 0 spiro atoms. The summed E-state index contributed by atoms with van der Waals surface area (Å²) in [5.74, 6) is 0.620. The van der Waals surface area contributed by atoms with Gasteiger partial charge in [-0.1, -0.05) is 30.3 Å². The van der Waals surface area contributed by atoms with Crippen molar-refractivity contribution >= 4 is 39.2 Å². The first-order valence-corrected chi connectivity index (χ1v) is 8.93. The van der Waals surface area contributed by atoms with E-state index in [9.17, 15) is 4.79 Å². The van der Waals surface area contributed by atoms with Crippen LogP contribution in [-0.4, -0.2) is 17.7 Å². The third-order valence-electron chi connectivity index (χ3n) is 4.70. The van der Waals surface area contributed by atoms with Crippen molar-refractivity contribution in [2.45, 2.75) is 13.5 Å². The summed E-state index contributed by atoms with van der Waals surface area (Å²) in [6.45, 7) is 3.03. The van der Waals surface area contributed by atoms with E-state index in [1.165, 1.54) is 10.9 Å². The predicted molar refractivity (Wildman–Crippen MR) is 111 cm³/mol. The van der Waals surface area contributed by atoms with Gasteiger partial charge in [0.1, 0.15) is 5.75 Å². The Bertz CT molecular complexity index is 1130. The number of urea groups is 1. The van der Waals surface area contributed by atoms with Crippen molar-refractivity contribution in [3.05, 3.63) is 66.7 Å². The van der Waals surface area contributed by atoms with E-state index in [4.69, 9.17) is 4.74 Å². The molecule has 5 nitrogen and oxygen atoms in total. The monoisotopic (exact) mass is 359 g/mol. The number of methoxy groups -OCH3 is 1. The van der Waals surface area contributed by atoms with Gasteiger partial charge in [-0.05, 0) is 43.3 Å². The standard InChI is InChI=1S/C22H21N3O2/c1-3-25-19-10-6-4-8-16(19)17-14-15(12-13-20(17)25)23-22(26)24-18-9-5-7-11-21(18)27-2/h4-14H,3H2,1-2H3,(H2,23,24,26). The second-order valence-electron chi connectivity index (χ2n) is 6.27. The van der Waals surface area contributed by atoms with Gasteiger partial charge in [0, 0.05) is 34.0 Å². The van der Waals surface area contributed by atoms with E-state index in [1.54, 1.807) is 19.2 Å². The molecule has 0 atom stereocenters. The summed E-state index contributed by atoms with van der Waals surface area (Å²) in [5.41, 5.74) is 3.73. The lowest BCUT2D eigenvalue weighted by molar-refractivity contribution is 0.262. The number of aryl methyl sites for hydroxylation is 1. The molecule has 0 bridgehead atoms. The number of carbonyl (C=O) groups is 1. The average molecular weight is 359 g/mol. The van der Waals surface area contributed by atoms with Crippen molar-refractivity contribution in [1.82, 2.24) is 4.57 Å². The minimum absolute atomic E-state index is 0.307. The van der Waals surface area contributed by atoms with Gasteiger partial charge in [-0.25, -0.2) is 4.79 Å². The Balaban J connectivity index is 1.64. The van der Waals surface area contributed by atoms with E-state index in [1.807, 2.05) is 36.4 Å². The molecule has 2 N–H and O–H groups in total. The maximum Gasteiger partial charge on any atom is 0.323 e. The molecule has 0 unspecified atom stereocenters. The lowest BCUT2D eigenvalue weighted by Gasteiger charge is -2.11. The summed E-state index contributed by atoms with van der Waals surface area (Å²) < 4.78 is 7.55. The summed E-state index contributed by atoms with van der Waals surface area (Å²) >= 11 is 0. The molecule has 4 aromatic rings. The molecule has 0 saturated carbocycles. The molecule has 1 aromatic heterocycles. The summed E-state index contributed by atoms with van der Waals surface area (Å²) in [6, 6.07) is 21.3. The molecule has 27 heavy (non-hydrogen) atoms. The number of carbonyl (C=O) groups excluding carboxylic acids is 1. The van der Waals surface area contributed by atoms with Crippen molar-refractivity contribution in [3.8, 4) is 5.75 Å². The first kappa shape index (κ1) is 17.0. The highest BCUT2D eigenvalue weighted by Crippen LogP contribution is 2.31. The zero-order valence-corrected chi connectivity index (χ0v) is 15.3. The van der Waals surface area contributed by atoms with Gasteiger partial charge in [0.05, 0.1) is 12.8 Å². The molecule has 0 aliphatic carbocycles. The summed E-state index contributed by atoms with van der Waals surface area (Å²) in [7, 11) is 1.58. The number of anilines is 2. The number of benzene rings is 3. The van der Waals surface area contributed by atoms with Gasteiger partial charge in [-0.2, -0.15) is 0 Å². The smallest absolute Gasteiger partial charge is 0.323 e. The molecule has 0 fully saturated rings. The fourth-order valence-corrected chi connectivity index (χ4v) is 3.50. The van der Waals surface area contributed by atoms with Crippen LogP contribution in [0, 0.1) is 0 Å². The number of para-hydroxylation sites is 3. The third-order valence-corrected chi connectivity index (χ3v) is 4.70. The largest absolute Gasteiger partial charge is 0.495 e. The van der Waals surface area contributed by atoms with Gasteiger partial charge in [-0.15, -0.1) is 0 Å². The van der Waals surface area contributed by atoms with Crippen molar-refractivity contribution in [2.75, 3.05) is 17.7 Å². The van der Waals surface area contributed by atoms with Gasteiger partial charge >= 0.3 is 6.03 Å². The van der Waals surface area contributed by atoms with Crippen molar-refractivity contribution in [2.24, 2.45) is 0 Å². The highest BCUT2D eigenvalue weighted by atomic mass is 16.5. The highest BCUT2D eigenvalue weighted by Gasteiger charge is 2.11. The Morgan fingerprint density at radius 3 is 2.48 bits per heavy atom. The van der Waals surface area contributed by atoms with Gasteiger partial charge in [0.15, 0.2) is 0 Å². The molecule has 136 valence electrons. The van der Waals surface area contributed by atoms with Crippen LogP contribution in [0.3, 0.4) is 0 Å². The van der Waals surface area contributed by atoms with Crippen LogP contribution in [0.5, 0.6) is 5.75 Å². The number of fused-ring (bicyclic) bond motifs is 3. The van der Waals surface area contributed by atoms with Crippen molar-refractivity contribution < 1.29 is 9.53 Å². The number of nitrogens with zero attached hydrogens (tertiary/aromatic N) is 1. The zero-order valence-electron chi connectivity index (χ0n) is 15.3. The molecule has 0 aliphatic heterocycles. The average Bonchev–Trinajstić information content (AvgIpc) is 3.01. The van der Waals surface area contributed by atoms with Crippen LogP contribution < -0.4 is 15.4 Å². The molecule has 5 heteroatoms. The Labute approximate surface area is 157 Å². The van der Waals surface area contributed by atoms with Crippen LogP contribution in [0.2, 0.25) is 0 Å². The SMILES string of the molecule is CCn1c2ccccc2c2cc(NC(=O)Nc3ccccc3OC)ccc21. The van der Waals surface area contributed by atoms with Gasteiger partial charge < -0.3 is 19.9 Å². The first-order valence-electron chi connectivity index (χ1n) is 8.93. The molecule has 0 saturated heterocycles. The van der Waals surface area contributed by atoms with Crippen LogP contribution in [0.15, 0.2) is 66.7 Å². The Hall–Kier alpha value is -3.47. The summed E-state index contributed by atoms with van der Waals surface area (Å²) in [6.07, 6.45) is 0. The Morgan fingerprint density at radius 1 is 0.926 bits per heavy atom. The van der Waals surface area contributed by atoms with E-state index < -0.39 is 0 Å². The van der Waals surface area contributed by atoms with Crippen LogP contribution in [0.25, 0.3) is 21.8 Å². The van der Waals surface area contributed by atoms with Crippen molar-refractivity contribution in [1.29, 1.82) is 0 Å². The van der Waals surface area contributed by atoms with Crippen LogP contribution in [0.4, 0.5) is 16.2 Å². The van der Waals surface area contributed by atoms with Gasteiger partial charge in [-0.3, -0.25) is 0 Å². The molecular weight excluding hydrogens is 338 g/mol. The molecule has 4 rings (SSSR count). The van der Waals surface area contributed by atoms with E-state index in [-0.39, 0.29) is 6.03 Å². The molecular formula is C22H21N3O2. The van der Waals surface area contributed by atoms with Gasteiger partial charge in [0.2, 0.25) is 0 Å². The number of nitrogens with one attached hydrogen (secondary N) is 2. The van der Waals surface area contributed by atoms with E-state index >= 15 is 0 Å². The quantitative estimate of drug-likeness (QED) is 0.508. The maximum absolute atomic E-state index is 12.4. The highest BCUT2D eigenvalue weighted by molar-refractivity contribution is 6.10. The molecule has 0 aliphatic rings. The van der Waals surface area contributed by atoms with Gasteiger partial charge in [0.25, 0.3) is 0 Å². The van der Waals surface area contributed by atoms with E-state index in [0.29, 0.717) is 11.4 Å². The predicted octanol–water partition coefficient (Wildman–Crippen LogP) is 5.47. The number of rotatable bonds is 4. The van der Waals surface area contributed by atoms with Crippen LogP contribution in [0.1, 0.15) is 6.92 Å². The number of hydrogen-bond acceptors (Lipinski definition) is 2. The van der Waals surface area contributed by atoms with Crippen LogP contribution in [-0.2, 0) is 6.54 Å². The second kappa shape index (κ2) is 7.03. The van der Waals surface area contributed by atoms with Crippen molar-refractivity contribution in [3.63, 3.8) is 0 Å². The normalized spacial score (nSPS) is 10.9. The summed E-state index contributed by atoms with van der Waals surface area (Å²) in [5, 5.41) is 8.05. The molecule has 1 heterocycles. The number of amides is 2. The molecule has 2 amide bonds. The lowest BCUT2D eigenvalue weighted by atomic mass is 10.1. The number of hydrogen-bond donors (Lipinski definition) is 2. The lowest BCUT2D eigenvalue weighted by Crippen LogP contribution is -2.19. The minimum atomic E-state index is -0.307. The number of ether oxygens (including phenoxy) is 1. The maximum atomic E-state index is 12.4. The topological polar surface area (TPSA) is 55.3 Å².